The average Bonchev–Trinajstić information content (AvgIpc) is 2.15. The van der Waals surface area contributed by atoms with E-state index in [0.717, 1.165) is 0 Å². The Hall–Kier alpha value is -1.43. The molecule has 0 saturated heterocycles. The molecule has 0 spiro atoms. The predicted molar refractivity (Wildman–Crippen MR) is 70.6 cm³/mol. The fraction of sp³-hybridized carbons (Fsp3) is 0.643. The summed E-state index contributed by atoms with van der Waals surface area (Å²) in [5.74, 6) is 0.106. The first-order valence-corrected chi connectivity index (χ1v) is 5.50. The molecule has 0 heterocycles. The maximum Gasteiger partial charge on any atom is 0.272 e. The van der Waals surface area contributed by atoms with Crippen LogP contribution in [0.3, 0.4) is 0 Å². The number of allylic oxidation sites excluding steroid dienone is 1. The first-order chi connectivity index (χ1) is 7.46. The molecule has 0 aromatic carbocycles. The number of ketones is 2. The highest BCUT2D eigenvalue weighted by Crippen LogP contribution is 2.14. The van der Waals surface area contributed by atoms with E-state index in [-0.39, 0.29) is 28.9 Å². The van der Waals surface area contributed by atoms with Gasteiger partial charge in [-0.2, -0.15) is 0 Å². The maximum absolute atomic E-state index is 10.9. The van der Waals surface area contributed by atoms with E-state index in [0.29, 0.717) is 0 Å². The van der Waals surface area contributed by atoms with Crippen molar-refractivity contribution in [3.63, 3.8) is 0 Å². The molecule has 0 atom stereocenters. The lowest BCUT2D eigenvalue weighted by molar-refractivity contribution is -0.124. The number of hydrogen-bond donors (Lipinski definition) is 0. The van der Waals surface area contributed by atoms with Crippen LogP contribution in [0, 0.1) is 17.4 Å². The highest BCUT2D eigenvalue weighted by atomic mass is 16.1. The standard InChI is InChI=1S/C7H11NO.C7H12O/c1-7(2,3)6(9)5-8-4;1-5-6(8)7(2,3)4/h5H2,1-3H3;5H,1H2,2-4H3. The molecular weight excluding hydrogens is 214 g/mol. The van der Waals surface area contributed by atoms with Gasteiger partial charge in [0.2, 0.25) is 5.78 Å². The normalized spacial score (nSPS) is 10.6. The van der Waals surface area contributed by atoms with E-state index >= 15 is 0 Å². The predicted octanol–water partition coefficient (Wildman–Crippen LogP) is 3.31. The van der Waals surface area contributed by atoms with E-state index in [1.165, 1.54) is 6.08 Å². The molecule has 0 unspecified atom stereocenters. The van der Waals surface area contributed by atoms with Gasteiger partial charge in [0, 0.05) is 10.8 Å². The van der Waals surface area contributed by atoms with Crippen molar-refractivity contribution in [2.45, 2.75) is 41.5 Å². The Labute approximate surface area is 105 Å². The number of nitrogens with zero attached hydrogens (tertiary/aromatic N) is 1. The molecule has 0 aliphatic carbocycles. The summed E-state index contributed by atoms with van der Waals surface area (Å²) in [5, 5.41) is 0. The zero-order valence-electron chi connectivity index (χ0n) is 11.8. The summed E-state index contributed by atoms with van der Waals surface area (Å²) in [5.41, 5.74) is -0.591. The van der Waals surface area contributed by atoms with Crippen LogP contribution in [-0.2, 0) is 9.59 Å². The van der Waals surface area contributed by atoms with E-state index < -0.39 is 0 Å². The van der Waals surface area contributed by atoms with E-state index in [9.17, 15) is 9.59 Å². The largest absolute Gasteiger partial charge is 0.309 e. The molecule has 3 nitrogen and oxygen atoms in total. The van der Waals surface area contributed by atoms with Gasteiger partial charge >= 0.3 is 0 Å². The maximum atomic E-state index is 10.9. The van der Waals surface area contributed by atoms with Crippen LogP contribution >= 0.6 is 0 Å². The fourth-order valence-corrected chi connectivity index (χ4v) is 0.615. The Morgan fingerprint density at radius 2 is 1.53 bits per heavy atom. The smallest absolute Gasteiger partial charge is 0.272 e. The lowest BCUT2D eigenvalue weighted by atomic mass is 9.91. The van der Waals surface area contributed by atoms with Gasteiger partial charge in [0.05, 0.1) is 0 Å². The van der Waals surface area contributed by atoms with Crippen molar-refractivity contribution < 1.29 is 9.59 Å². The van der Waals surface area contributed by atoms with Crippen molar-refractivity contribution in [3.05, 3.63) is 24.1 Å². The van der Waals surface area contributed by atoms with Gasteiger partial charge in [0.1, 0.15) is 0 Å². The molecule has 3 heteroatoms. The highest BCUT2D eigenvalue weighted by molar-refractivity contribution is 5.93. The third-order valence-corrected chi connectivity index (χ3v) is 1.98. The first-order valence-electron chi connectivity index (χ1n) is 5.50. The third-order valence-electron chi connectivity index (χ3n) is 1.98. The Kier molecular flexibility index (Phi) is 7.40. The van der Waals surface area contributed by atoms with E-state index in [1.807, 2.05) is 41.5 Å². The minimum absolute atomic E-state index is 0.0116. The van der Waals surface area contributed by atoms with E-state index in [1.54, 1.807) is 0 Å². The van der Waals surface area contributed by atoms with Crippen molar-refractivity contribution in [2.75, 3.05) is 6.54 Å². The van der Waals surface area contributed by atoms with E-state index in [2.05, 4.69) is 11.4 Å². The summed E-state index contributed by atoms with van der Waals surface area (Å²) in [4.78, 5) is 24.6. The molecule has 0 aromatic rings. The molecule has 0 rings (SSSR count). The van der Waals surface area contributed by atoms with Crippen molar-refractivity contribution in [3.8, 4) is 0 Å². The number of hydrogen-bond acceptors (Lipinski definition) is 2. The SMILES string of the molecule is C=CC(=O)C(C)(C)C.[C-]#[N+]CC(=O)C(C)(C)C. The Balaban J connectivity index is 0. The second-order valence-electron chi connectivity index (χ2n) is 5.81. The topological polar surface area (TPSA) is 38.5 Å². The van der Waals surface area contributed by atoms with Gasteiger partial charge in [-0.25, -0.2) is 6.57 Å². The molecule has 17 heavy (non-hydrogen) atoms. The van der Waals surface area contributed by atoms with Gasteiger partial charge in [-0.15, -0.1) is 0 Å². The molecule has 0 amide bonds. The molecular formula is C14H23NO2. The summed E-state index contributed by atoms with van der Waals surface area (Å²) in [6, 6.07) is 0. The van der Waals surface area contributed by atoms with Crippen LogP contribution in [-0.4, -0.2) is 18.1 Å². The quantitative estimate of drug-likeness (QED) is 0.546. The van der Waals surface area contributed by atoms with Crippen LogP contribution in [0.1, 0.15) is 41.5 Å². The molecule has 0 bridgehead atoms. The number of rotatable bonds is 2. The van der Waals surface area contributed by atoms with Gasteiger partial charge in [0.15, 0.2) is 5.78 Å². The van der Waals surface area contributed by atoms with Crippen LogP contribution in [0.15, 0.2) is 12.7 Å². The summed E-state index contributed by atoms with van der Waals surface area (Å²) >= 11 is 0. The molecule has 0 aliphatic rings. The van der Waals surface area contributed by atoms with Crippen LogP contribution in [0.2, 0.25) is 0 Å². The highest BCUT2D eigenvalue weighted by Gasteiger charge is 2.22. The molecule has 0 N–H and O–H groups in total. The average molecular weight is 237 g/mol. The second-order valence-corrected chi connectivity index (χ2v) is 5.81. The van der Waals surface area contributed by atoms with Crippen LogP contribution < -0.4 is 0 Å². The molecule has 0 radical (unpaired) electrons. The zero-order valence-corrected chi connectivity index (χ0v) is 11.8. The van der Waals surface area contributed by atoms with Gasteiger partial charge in [-0.3, -0.25) is 9.59 Å². The van der Waals surface area contributed by atoms with Crippen LogP contribution in [0.4, 0.5) is 0 Å². The summed E-state index contributed by atoms with van der Waals surface area (Å²) in [6.07, 6.45) is 1.36. The van der Waals surface area contributed by atoms with Crippen molar-refractivity contribution >= 4 is 11.6 Å². The van der Waals surface area contributed by atoms with E-state index in [4.69, 9.17) is 6.57 Å². The molecule has 0 aliphatic heterocycles. The van der Waals surface area contributed by atoms with Crippen molar-refractivity contribution in [1.82, 2.24) is 0 Å². The summed E-state index contributed by atoms with van der Waals surface area (Å²) in [6.45, 7) is 20.9. The van der Waals surface area contributed by atoms with Gasteiger partial charge in [-0.1, -0.05) is 48.1 Å². The Morgan fingerprint density at radius 3 is 1.59 bits per heavy atom. The molecule has 0 aromatic heterocycles. The fourth-order valence-electron chi connectivity index (χ4n) is 0.615. The first kappa shape index (κ1) is 17.9. The Bertz CT molecular complexity index is 322. The summed E-state index contributed by atoms with van der Waals surface area (Å²) in [7, 11) is 0. The minimum Gasteiger partial charge on any atom is -0.309 e. The minimum atomic E-state index is -0.343. The van der Waals surface area contributed by atoms with Gasteiger partial charge in [0.25, 0.3) is 6.54 Å². The summed E-state index contributed by atoms with van der Waals surface area (Å²) < 4.78 is 0. The monoisotopic (exact) mass is 237 g/mol. The van der Waals surface area contributed by atoms with Crippen LogP contribution in [0.5, 0.6) is 0 Å². The number of Topliss-reactive ketones (excluding diaryl/α,β-unsaturated/α-hetero) is 1. The second kappa shape index (κ2) is 7.01. The van der Waals surface area contributed by atoms with Crippen molar-refractivity contribution in [1.29, 1.82) is 0 Å². The molecule has 0 saturated carbocycles. The molecule has 96 valence electrons. The van der Waals surface area contributed by atoms with Crippen molar-refractivity contribution in [2.24, 2.45) is 10.8 Å². The Morgan fingerprint density at radius 1 is 1.12 bits per heavy atom. The third kappa shape index (κ3) is 9.50. The van der Waals surface area contributed by atoms with Gasteiger partial charge in [-0.05, 0) is 6.08 Å². The number of carbonyl (C=O) groups is 2. The lowest BCUT2D eigenvalue weighted by Crippen LogP contribution is -2.21. The van der Waals surface area contributed by atoms with Crippen LogP contribution in [0.25, 0.3) is 4.85 Å². The lowest BCUT2D eigenvalue weighted by Gasteiger charge is -2.11. The molecule has 0 fully saturated rings. The zero-order chi connectivity index (χ0) is 14.3. The van der Waals surface area contributed by atoms with Gasteiger partial charge < -0.3 is 4.85 Å². The number of carbonyl (C=O) groups excluding carboxylic acids is 2.